The summed E-state index contributed by atoms with van der Waals surface area (Å²) in [5.74, 6) is -0.211. The Morgan fingerprint density at radius 1 is 1.35 bits per heavy atom. The lowest BCUT2D eigenvalue weighted by molar-refractivity contribution is -0.00967. The van der Waals surface area contributed by atoms with Crippen LogP contribution in [0.15, 0.2) is 22.7 Å². The Labute approximate surface area is 128 Å². The fourth-order valence-corrected chi connectivity index (χ4v) is 2.69. The van der Waals surface area contributed by atoms with Crippen LogP contribution in [0.5, 0.6) is 0 Å². The number of hydrogen-bond donors (Lipinski definition) is 1. The van der Waals surface area contributed by atoms with E-state index in [9.17, 15) is 4.39 Å². The van der Waals surface area contributed by atoms with E-state index in [4.69, 9.17) is 4.74 Å². The van der Waals surface area contributed by atoms with Gasteiger partial charge in [0.1, 0.15) is 5.82 Å². The van der Waals surface area contributed by atoms with Gasteiger partial charge in [-0.15, -0.1) is 0 Å². The van der Waals surface area contributed by atoms with Crippen molar-refractivity contribution in [3.05, 3.63) is 34.1 Å². The van der Waals surface area contributed by atoms with E-state index in [1.807, 2.05) is 6.07 Å². The Balaban J connectivity index is 1.83. The van der Waals surface area contributed by atoms with Crippen molar-refractivity contribution in [3.63, 3.8) is 0 Å². The molecule has 1 aromatic rings. The number of benzene rings is 1. The molecule has 3 nitrogen and oxygen atoms in total. The van der Waals surface area contributed by atoms with E-state index < -0.39 is 0 Å². The molecular formula is C15H22BrFN2O. The SMILES string of the molecule is CC(C)(CNCc1ccc(Br)c(F)c1)N1CCOCC1. The molecule has 20 heavy (non-hydrogen) atoms. The van der Waals surface area contributed by atoms with Gasteiger partial charge in [0.15, 0.2) is 0 Å². The van der Waals surface area contributed by atoms with Crippen LogP contribution in [0.3, 0.4) is 0 Å². The highest BCUT2D eigenvalue weighted by molar-refractivity contribution is 9.10. The molecule has 0 unspecified atom stereocenters. The molecule has 1 fully saturated rings. The topological polar surface area (TPSA) is 24.5 Å². The first kappa shape index (κ1) is 15.9. The van der Waals surface area contributed by atoms with Crippen LogP contribution in [0.4, 0.5) is 4.39 Å². The zero-order valence-corrected chi connectivity index (χ0v) is 13.7. The Bertz CT molecular complexity index is 447. The molecule has 0 radical (unpaired) electrons. The van der Waals surface area contributed by atoms with Gasteiger partial charge in [0.2, 0.25) is 0 Å². The standard InChI is InChI=1S/C15H22BrFN2O/c1-15(2,19-5-7-20-8-6-19)11-18-10-12-3-4-13(16)14(17)9-12/h3-4,9,18H,5-8,10-11H2,1-2H3. The number of nitrogens with zero attached hydrogens (tertiary/aromatic N) is 1. The highest BCUT2D eigenvalue weighted by Gasteiger charge is 2.27. The molecule has 0 saturated carbocycles. The number of hydrogen-bond acceptors (Lipinski definition) is 3. The first-order chi connectivity index (χ1) is 9.49. The van der Waals surface area contributed by atoms with Gasteiger partial charge in [-0.25, -0.2) is 4.39 Å². The molecule has 1 N–H and O–H groups in total. The summed E-state index contributed by atoms with van der Waals surface area (Å²) in [5, 5.41) is 3.42. The molecule has 0 spiro atoms. The summed E-state index contributed by atoms with van der Waals surface area (Å²) in [7, 11) is 0. The first-order valence-corrected chi connectivity index (χ1v) is 7.76. The van der Waals surface area contributed by atoms with E-state index in [1.54, 1.807) is 12.1 Å². The monoisotopic (exact) mass is 344 g/mol. The van der Waals surface area contributed by atoms with Crippen molar-refractivity contribution in [2.75, 3.05) is 32.8 Å². The van der Waals surface area contributed by atoms with Gasteiger partial charge in [-0.2, -0.15) is 0 Å². The van der Waals surface area contributed by atoms with E-state index in [-0.39, 0.29) is 11.4 Å². The maximum Gasteiger partial charge on any atom is 0.137 e. The second-order valence-electron chi connectivity index (χ2n) is 5.76. The molecule has 5 heteroatoms. The normalized spacial score (nSPS) is 17.4. The third-order valence-electron chi connectivity index (χ3n) is 3.74. The molecule has 1 saturated heterocycles. The van der Waals surface area contributed by atoms with Crippen molar-refractivity contribution < 1.29 is 9.13 Å². The molecule has 1 aliphatic rings. The van der Waals surface area contributed by atoms with Crippen LogP contribution in [-0.4, -0.2) is 43.3 Å². The van der Waals surface area contributed by atoms with Crippen LogP contribution >= 0.6 is 15.9 Å². The van der Waals surface area contributed by atoms with E-state index in [0.29, 0.717) is 11.0 Å². The average Bonchev–Trinajstić information content (AvgIpc) is 2.44. The van der Waals surface area contributed by atoms with Gasteiger partial charge >= 0.3 is 0 Å². The summed E-state index contributed by atoms with van der Waals surface area (Å²) in [4.78, 5) is 2.44. The largest absolute Gasteiger partial charge is 0.379 e. The van der Waals surface area contributed by atoms with E-state index in [1.165, 1.54) is 0 Å². The summed E-state index contributed by atoms with van der Waals surface area (Å²) in [5.41, 5.74) is 1.04. The number of morpholine rings is 1. The lowest BCUT2D eigenvalue weighted by Crippen LogP contribution is -2.54. The fourth-order valence-electron chi connectivity index (χ4n) is 2.44. The molecule has 0 atom stereocenters. The number of rotatable bonds is 5. The Morgan fingerprint density at radius 2 is 2.05 bits per heavy atom. The fraction of sp³-hybridized carbons (Fsp3) is 0.600. The van der Waals surface area contributed by atoms with Gasteiger partial charge in [0, 0.05) is 31.7 Å². The van der Waals surface area contributed by atoms with Crippen molar-refractivity contribution in [1.82, 2.24) is 10.2 Å². The van der Waals surface area contributed by atoms with Crippen LogP contribution in [0, 0.1) is 5.82 Å². The summed E-state index contributed by atoms with van der Waals surface area (Å²) >= 11 is 3.17. The zero-order valence-electron chi connectivity index (χ0n) is 12.1. The second-order valence-corrected chi connectivity index (χ2v) is 6.62. The minimum atomic E-state index is -0.211. The van der Waals surface area contributed by atoms with Gasteiger partial charge in [0.25, 0.3) is 0 Å². The molecule has 0 amide bonds. The van der Waals surface area contributed by atoms with Gasteiger partial charge in [-0.1, -0.05) is 6.07 Å². The maximum atomic E-state index is 13.4. The van der Waals surface area contributed by atoms with Crippen LogP contribution < -0.4 is 5.32 Å². The van der Waals surface area contributed by atoms with E-state index in [0.717, 1.165) is 38.4 Å². The van der Waals surface area contributed by atoms with Gasteiger partial charge in [-0.3, -0.25) is 4.90 Å². The first-order valence-electron chi connectivity index (χ1n) is 6.96. The second kappa shape index (κ2) is 6.98. The highest BCUT2D eigenvalue weighted by atomic mass is 79.9. The molecule has 1 aliphatic heterocycles. The number of ether oxygens (including phenoxy) is 1. The minimum Gasteiger partial charge on any atom is -0.379 e. The summed E-state index contributed by atoms with van der Waals surface area (Å²) < 4.78 is 19.3. The molecule has 112 valence electrons. The predicted molar refractivity (Wildman–Crippen MR) is 82.3 cm³/mol. The summed E-state index contributed by atoms with van der Waals surface area (Å²) in [6, 6.07) is 5.25. The molecule has 0 aromatic heterocycles. The molecular weight excluding hydrogens is 323 g/mol. The van der Waals surface area contributed by atoms with Gasteiger partial charge in [-0.05, 0) is 47.5 Å². The van der Waals surface area contributed by atoms with Crippen LogP contribution in [0.25, 0.3) is 0 Å². The quantitative estimate of drug-likeness (QED) is 0.888. The summed E-state index contributed by atoms with van der Waals surface area (Å²) in [6.45, 7) is 9.56. The Hall–Kier alpha value is -0.490. The van der Waals surface area contributed by atoms with Crippen molar-refractivity contribution in [3.8, 4) is 0 Å². The van der Waals surface area contributed by atoms with Crippen molar-refractivity contribution >= 4 is 15.9 Å². The van der Waals surface area contributed by atoms with Gasteiger partial charge in [0.05, 0.1) is 17.7 Å². The highest BCUT2D eigenvalue weighted by Crippen LogP contribution is 2.17. The lowest BCUT2D eigenvalue weighted by Gasteiger charge is -2.41. The third-order valence-corrected chi connectivity index (χ3v) is 4.38. The predicted octanol–water partition coefficient (Wildman–Crippen LogP) is 2.79. The Kier molecular flexibility index (Phi) is 5.55. The van der Waals surface area contributed by atoms with Crippen molar-refractivity contribution in [1.29, 1.82) is 0 Å². The lowest BCUT2D eigenvalue weighted by atomic mass is 10.0. The van der Waals surface area contributed by atoms with E-state index >= 15 is 0 Å². The zero-order chi connectivity index (χ0) is 14.6. The van der Waals surface area contributed by atoms with Gasteiger partial charge < -0.3 is 10.1 Å². The molecule has 2 rings (SSSR count). The Morgan fingerprint density at radius 3 is 2.70 bits per heavy atom. The molecule has 1 heterocycles. The average molecular weight is 345 g/mol. The third kappa shape index (κ3) is 4.25. The maximum absolute atomic E-state index is 13.4. The number of halogens is 2. The van der Waals surface area contributed by atoms with Crippen LogP contribution in [0.1, 0.15) is 19.4 Å². The van der Waals surface area contributed by atoms with Crippen molar-refractivity contribution in [2.45, 2.75) is 25.9 Å². The molecule has 0 bridgehead atoms. The van der Waals surface area contributed by atoms with Crippen LogP contribution in [-0.2, 0) is 11.3 Å². The minimum absolute atomic E-state index is 0.0810. The van der Waals surface area contributed by atoms with Crippen LogP contribution in [0.2, 0.25) is 0 Å². The summed E-state index contributed by atoms with van der Waals surface area (Å²) in [6.07, 6.45) is 0. The van der Waals surface area contributed by atoms with Crippen molar-refractivity contribution in [2.24, 2.45) is 0 Å². The smallest absolute Gasteiger partial charge is 0.137 e. The number of nitrogens with one attached hydrogen (secondary N) is 1. The van der Waals surface area contributed by atoms with E-state index in [2.05, 4.69) is 40.0 Å². The molecule has 0 aliphatic carbocycles. The molecule has 1 aromatic carbocycles.